The van der Waals surface area contributed by atoms with Gasteiger partial charge in [-0.05, 0) is 55.3 Å². The number of likely N-dealkylation sites (tertiary alicyclic amines) is 1. The number of benzene rings is 2. The molecule has 30 heavy (non-hydrogen) atoms. The van der Waals surface area contributed by atoms with Crippen molar-refractivity contribution in [2.45, 2.75) is 12.8 Å². The van der Waals surface area contributed by atoms with Crippen LogP contribution in [0.1, 0.15) is 33.6 Å². The summed E-state index contributed by atoms with van der Waals surface area (Å²) < 4.78 is 36.6. The van der Waals surface area contributed by atoms with Crippen LogP contribution in [0.3, 0.4) is 0 Å². The van der Waals surface area contributed by atoms with Gasteiger partial charge in [-0.25, -0.2) is 8.78 Å². The number of ether oxygens (including phenoxy) is 2. The van der Waals surface area contributed by atoms with E-state index in [-0.39, 0.29) is 17.2 Å². The van der Waals surface area contributed by atoms with E-state index in [4.69, 9.17) is 9.47 Å². The molecule has 158 valence electrons. The number of Topliss-reactive ketones (excluding diaryl/α,β-unsaturated/α-hetero) is 1. The van der Waals surface area contributed by atoms with E-state index in [1.165, 1.54) is 43.5 Å². The molecule has 8 heteroatoms. The molecule has 2 aromatic carbocycles. The zero-order valence-corrected chi connectivity index (χ0v) is 16.4. The lowest BCUT2D eigenvalue weighted by molar-refractivity contribution is -0.148. The third-order valence-corrected chi connectivity index (χ3v) is 5.01. The van der Waals surface area contributed by atoms with Crippen molar-refractivity contribution in [2.75, 3.05) is 26.8 Å². The van der Waals surface area contributed by atoms with Gasteiger partial charge in [-0.15, -0.1) is 0 Å². The monoisotopic (exact) mass is 417 g/mol. The smallest absolute Gasteiger partial charge is 0.309 e. The van der Waals surface area contributed by atoms with Crippen LogP contribution in [0.5, 0.6) is 5.75 Å². The van der Waals surface area contributed by atoms with Gasteiger partial charge >= 0.3 is 5.97 Å². The molecule has 1 heterocycles. The highest BCUT2D eigenvalue weighted by Crippen LogP contribution is 2.22. The Labute approximate surface area is 172 Å². The first-order chi connectivity index (χ1) is 14.4. The van der Waals surface area contributed by atoms with Crippen molar-refractivity contribution in [3.05, 3.63) is 65.2 Å². The largest absolute Gasteiger partial charge is 0.496 e. The van der Waals surface area contributed by atoms with Crippen LogP contribution < -0.4 is 4.74 Å². The number of hydrogen-bond acceptors (Lipinski definition) is 5. The van der Waals surface area contributed by atoms with Crippen LogP contribution in [-0.2, 0) is 9.53 Å². The first-order valence-electron chi connectivity index (χ1n) is 9.47. The van der Waals surface area contributed by atoms with Gasteiger partial charge in [0.1, 0.15) is 17.4 Å². The van der Waals surface area contributed by atoms with E-state index in [1.807, 2.05) is 0 Å². The zero-order chi connectivity index (χ0) is 21.7. The van der Waals surface area contributed by atoms with Crippen LogP contribution in [0.15, 0.2) is 42.5 Å². The maximum atomic E-state index is 13.4. The molecule has 0 saturated carbocycles. The maximum Gasteiger partial charge on any atom is 0.309 e. The molecule has 0 radical (unpaired) electrons. The Kier molecular flexibility index (Phi) is 6.76. The molecule has 1 aliphatic rings. The fourth-order valence-electron chi connectivity index (χ4n) is 3.32. The van der Waals surface area contributed by atoms with Crippen LogP contribution in [0.2, 0.25) is 0 Å². The molecule has 0 aromatic heterocycles. The van der Waals surface area contributed by atoms with Gasteiger partial charge in [0.15, 0.2) is 6.61 Å². The quantitative estimate of drug-likeness (QED) is 0.533. The number of hydrogen-bond donors (Lipinski definition) is 0. The van der Waals surface area contributed by atoms with Gasteiger partial charge in [0.2, 0.25) is 5.78 Å². The second-order valence-corrected chi connectivity index (χ2v) is 6.95. The Morgan fingerprint density at radius 3 is 2.27 bits per heavy atom. The highest BCUT2D eigenvalue weighted by Gasteiger charge is 2.29. The molecule has 0 bridgehead atoms. The first kappa shape index (κ1) is 21.4. The van der Waals surface area contributed by atoms with E-state index in [1.54, 1.807) is 4.90 Å². The molecule has 0 aliphatic carbocycles. The third kappa shape index (κ3) is 5.00. The second kappa shape index (κ2) is 9.47. The molecule has 2 aromatic rings. The summed E-state index contributed by atoms with van der Waals surface area (Å²) in [5.74, 6) is -2.58. The average Bonchev–Trinajstić information content (AvgIpc) is 2.77. The molecule has 1 saturated heterocycles. The van der Waals surface area contributed by atoms with E-state index in [2.05, 4.69) is 0 Å². The van der Waals surface area contributed by atoms with Crippen LogP contribution in [0, 0.1) is 17.6 Å². The van der Waals surface area contributed by atoms with E-state index < -0.39 is 35.9 Å². The van der Waals surface area contributed by atoms with Gasteiger partial charge in [-0.3, -0.25) is 14.4 Å². The molecule has 0 N–H and O–H groups in total. The highest BCUT2D eigenvalue weighted by atomic mass is 19.1. The summed E-state index contributed by atoms with van der Waals surface area (Å²) in [7, 11) is 1.36. The molecule has 3 rings (SSSR count). The number of amides is 1. The minimum atomic E-state index is -0.594. The summed E-state index contributed by atoms with van der Waals surface area (Å²) in [4.78, 5) is 38.6. The van der Waals surface area contributed by atoms with Gasteiger partial charge in [0, 0.05) is 18.7 Å². The number of carbonyl (C=O) groups is 3. The van der Waals surface area contributed by atoms with Crippen LogP contribution >= 0.6 is 0 Å². The summed E-state index contributed by atoms with van der Waals surface area (Å²) in [6.07, 6.45) is 0.784. The third-order valence-electron chi connectivity index (χ3n) is 5.01. The Morgan fingerprint density at radius 2 is 1.63 bits per heavy atom. The van der Waals surface area contributed by atoms with Crippen molar-refractivity contribution in [1.82, 2.24) is 4.90 Å². The SMILES string of the molecule is COc1ccc(F)cc1C(=O)COC(=O)C1CCN(C(=O)c2ccc(F)cc2)CC1. The topological polar surface area (TPSA) is 72.9 Å². The van der Waals surface area contributed by atoms with E-state index in [9.17, 15) is 23.2 Å². The van der Waals surface area contributed by atoms with Crippen molar-refractivity contribution in [3.8, 4) is 5.75 Å². The van der Waals surface area contributed by atoms with Crippen LogP contribution in [0.25, 0.3) is 0 Å². The van der Waals surface area contributed by atoms with E-state index in [0.29, 0.717) is 31.5 Å². The molecule has 6 nitrogen and oxygen atoms in total. The lowest BCUT2D eigenvalue weighted by Gasteiger charge is -2.31. The Hall–Kier alpha value is -3.29. The number of methoxy groups -OCH3 is 1. The lowest BCUT2D eigenvalue weighted by Crippen LogP contribution is -2.40. The average molecular weight is 417 g/mol. The predicted octanol–water partition coefficient (Wildman–Crippen LogP) is 3.25. The van der Waals surface area contributed by atoms with Gasteiger partial charge in [0.25, 0.3) is 5.91 Å². The molecule has 1 amide bonds. The summed E-state index contributed by atoms with van der Waals surface area (Å²) in [6.45, 7) is 0.177. The van der Waals surface area contributed by atoms with Crippen molar-refractivity contribution in [2.24, 2.45) is 5.92 Å². The van der Waals surface area contributed by atoms with Crippen LogP contribution in [0.4, 0.5) is 8.78 Å². The number of ketones is 1. The molecule has 0 spiro atoms. The minimum absolute atomic E-state index is 0.00464. The highest BCUT2D eigenvalue weighted by molar-refractivity contribution is 6.00. The van der Waals surface area contributed by atoms with Crippen molar-refractivity contribution in [1.29, 1.82) is 0 Å². The number of rotatable bonds is 6. The molecule has 0 unspecified atom stereocenters. The predicted molar refractivity (Wildman–Crippen MR) is 103 cm³/mol. The normalized spacial score (nSPS) is 14.3. The van der Waals surface area contributed by atoms with E-state index >= 15 is 0 Å². The van der Waals surface area contributed by atoms with Crippen molar-refractivity contribution >= 4 is 17.7 Å². The summed E-state index contributed by atoms with van der Waals surface area (Å²) in [5.41, 5.74) is 0.386. The lowest BCUT2D eigenvalue weighted by atomic mass is 9.96. The summed E-state index contributed by atoms with van der Waals surface area (Å²) >= 11 is 0. The molecule has 0 atom stereocenters. The summed E-state index contributed by atoms with van der Waals surface area (Å²) in [6, 6.07) is 8.83. The van der Waals surface area contributed by atoms with Crippen LogP contribution in [-0.4, -0.2) is 49.4 Å². The van der Waals surface area contributed by atoms with Gasteiger partial charge in [-0.2, -0.15) is 0 Å². The number of nitrogens with zero attached hydrogens (tertiary/aromatic N) is 1. The molecule has 1 aliphatic heterocycles. The Morgan fingerprint density at radius 1 is 1.00 bits per heavy atom. The summed E-state index contributed by atoms with van der Waals surface area (Å²) in [5, 5.41) is 0. The first-order valence-corrected chi connectivity index (χ1v) is 9.47. The van der Waals surface area contributed by atoms with Gasteiger partial charge in [0.05, 0.1) is 18.6 Å². The minimum Gasteiger partial charge on any atom is -0.496 e. The van der Waals surface area contributed by atoms with E-state index in [0.717, 1.165) is 6.07 Å². The molecule has 1 fully saturated rings. The maximum absolute atomic E-state index is 13.4. The number of carbonyl (C=O) groups excluding carboxylic acids is 3. The fraction of sp³-hybridized carbons (Fsp3) is 0.318. The van der Waals surface area contributed by atoms with Gasteiger partial charge in [-0.1, -0.05) is 0 Å². The number of halogens is 2. The fourth-order valence-corrected chi connectivity index (χ4v) is 3.32. The van der Waals surface area contributed by atoms with Crippen molar-refractivity contribution < 1.29 is 32.6 Å². The standard InChI is InChI=1S/C22H21F2NO5/c1-29-20-7-6-17(24)12-18(20)19(26)13-30-22(28)15-8-10-25(11-9-15)21(27)14-2-4-16(23)5-3-14/h2-7,12,15H,8-11,13H2,1H3. The van der Waals surface area contributed by atoms with Crippen molar-refractivity contribution in [3.63, 3.8) is 0 Å². The zero-order valence-electron chi connectivity index (χ0n) is 16.4. The van der Waals surface area contributed by atoms with Gasteiger partial charge < -0.3 is 14.4 Å². The second-order valence-electron chi connectivity index (χ2n) is 6.95. The Balaban J connectivity index is 1.51. The Bertz CT molecular complexity index is 937. The number of piperidine rings is 1. The molecular formula is C22H21F2NO5. The number of esters is 1. The molecular weight excluding hydrogens is 396 g/mol.